The van der Waals surface area contributed by atoms with Crippen LogP contribution in [0.2, 0.25) is 5.02 Å². The van der Waals surface area contributed by atoms with Gasteiger partial charge in [0.1, 0.15) is 5.75 Å². The van der Waals surface area contributed by atoms with Crippen molar-refractivity contribution in [2.24, 2.45) is 0 Å². The molecule has 1 amide bonds. The van der Waals surface area contributed by atoms with Crippen LogP contribution in [-0.4, -0.2) is 13.0 Å². The molecule has 4 heteroatoms. The van der Waals surface area contributed by atoms with Crippen molar-refractivity contribution >= 4 is 35.0 Å². The van der Waals surface area contributed by atoms with Gasteiger partial charge in [0.15, 0.2) is 0 Å². The Labute approximate surface area is 169 Å². The number of carbonyl (C=O) groups excluding carboxylic acids is 1. The fourth-order valence-electron chi connectivity index (χ4n) is 3.16. The van der Waals surface area contributed by atoms with Crippen LogP contribution in [0.5, 0.6) is 5.75 Å². The molecule has 3 aromatic rings. The molecule has 0 radical (unpaired) electrons. The average molecular weight is 388 g/mol. The summed E-state index contributed by atoms with van der Waals surface area (Å²) in [4.78, 5) is 15.0. The highest BCUT2D eigenvalue weighted by Crippen LogP contribution is 2.35. The van der Waals surface area contributed by atoms with Gasteiger partial charge in [-0.1, -0.05) is 54.1 Å². The molecule has 3 aromatic carbocycles. The van der Waals surface area contributed by atoms with E-state index in [1.165, 1.54) is 0 Å². The summed E-state index contributed by atoms with van der Waals surface area (Å²) < 4.78 is 5.20. The van der Waals surface area contributed by atoms with Gasteiger partial charge in [-0.15, -0.1) is 0 Å². The zero-order valence-corrected chi connectivity index (χ0v) is 16.1. The molecule has 1 aliphatic heterocycles. The van der Waals surface area contributed by atoms with Gasteiger partial charge in [0.05, 0.1) is 12.8 Å². The monoisotopic (exact) mass is 387 g/mol. The minimum Gasteiger partial charge on any atom is -0.497 e. The second-order valence-electron chi connectivity index (χ2n) is 6.39. The van der Waals surface area contributed by atoms with E-state index in [2.05, 4.69) is 0 Å². The number of anilines is 1. The number of rotatable bonds is 4. The van der Waals surface area contributed by atoms with Crippen molar-refractivity contribution in [2.45, 2.75) is 0 Å². The Morgan fingerprint density at radius 2 is 1.57 bits per heavy atom. The van der Waals surface area contributed by atoms with Crippen molar-refractivity contribution < 1.29 is 9.53 Å². The topological polar surface area (TPSA) is 29.5 Å². The van der Waals surface area contributed by atoms with E-state index in [1.807, 2.05) is 78.9 Å². The molecule has 28 heavy (non-hydrogen) atoms. The van der Waals surface area contributed by atoms with Crippen LogP contribution in [0.25, 0.3) is 11.8 Å². The summed E-state index contributed by atoms with van der Waals surface area (Å²) in [5, 5.41) is 0.634. The van der Waals surface area contributed by atoms with E-state index >= 15 is 0 Å². The van der Waals surface area contributed by atoms with Gasteiger partial charge in [-0.3, -0.25) is 9.69 Å². The summed E-state index contributed by atoms with van der Waals surface area (Å²) >= 11 is 6.03. The zero-order chi connectivity index (χ0) is 19.5. The van der Waals surface area contributed by atoms with Crippen LogP contribution < -0.4 is 9.64 Å². The number of hydrogen-bond donors (Lipinski definition) is 0. The molecule has 0 fully saturated rings. The zero-order valence-electron chi connectivity index (χ0n) is 15.3. The third kappa shape index (κ3) is 3.57. The van der Waals surface area contributed by atoms with Crippen molar-refractivity contribution in [3.63, 3.8) is 0 Å². The van der Waals surface area contributed by atoms with Crippen LogP contribution in [0.4, 0.5) is 5.69 Å². The van der Waals surface area contributed by atoms with Crippen LogP contribution in [0.3, 0.4) is 0 Å². The van der Waals surface area contributed by atoms with Crippen molar-refractivity contribution in [1.82, 2.24) is 0 Å². The molecule has 0 saturated carbocycles. The maximum Gasteiger partial charge on any atom is 0.262 e. The second kappa shape index (κ2) is 7.75. The molecular formula is C24H18ClNO2. The first-order valence-electron chi connectivity index (χ1n) is 8.88. The Balaban J connectivity index is 1.78. The SMILES string of the molecule is COc1ccc(C=C2C=C(c3ccccc3)N(c3ccc(Cl)cc3)C2=O)cc1. The summed E-state index contributed by atoms with van der Waals surface area (Å²) in [5.74, 6) is 0.709. The van der Waals surface area contributed by atoms with Gasteiger partial charge in [-0.2, -0.15) is 0 Å². The molecule has 0 atom stereocenters. The van der Waals surface area contributed by atoms with E-state index in [0.717, 1.165) is 28.3 Å². The highest BCUT2D eigenvalue weighted by atomic mass is 35.5. The van der Waals surface area contributed by atoms with Crippen LogP contribution in [0.15, 0.2) is 90.5 Å². The van der Waals surface area contributed by atoms with Crippen molar-refractivity contribution in [1.29, 1.82) is 0 Å². The Morgan fingerprint density at radius 3 is 2.21 bits per heavy atom. The number of ether oxygens (including phenoxy) is 1. The summed E-state index contributed by atoms with van der Waals surface area (Å²) in [7, 11) is 1.63. The lowest BCUT2D eigenvalue weighted by Crippen LogP contribution is -2.24. The standard InChI is InChI=1S/C24H18ClNO2/c1-28-22-13-7-17(8-14-22)15-19-16-23(18-5-3-2-4-6-18)26(24(19)27)21-11-9-20(25)10-12-21/h2-16H,1H3. The predicted octanol–water partition coefficient (Wildman–Crippen LogP) is 5.82. The minimum atomic E-state index is -0.0722. The first-order chi connectivity index (χ1) is 13.7. The molecular weight excluding hydrogens is 370 g/mol. The van der Waals surface area contributed by atoms with Crippen LogP contribution in [-0.2, 0) is 4.79 Å². The van der Waals surface area contributed by atoms with Gasteiger partial charge in [0.2, 0.25) is 0 Å². The maximum atomic E-state index is 13.2. The molecule has 0 aliphatic carbocycles. The predicted molar refractivity (Wildman–Crippen MR) is 114 cm³/mol. The Morgan fingerprint density at radius 1 is 0.893 bits per heavy atom. The molecule has 138 valence electrons. The van der Waals surface area contributed by atoms with Gasteiger partial charge in [0, 0.05) is 16.3 Å². The van der Waals surface area contributed by atoms with E-state index in [-0.39, 0.29) is 5.91 Å². The largest absolute Gasteiger partial charge is 0.497 e. The molecule has 1 aliphatic rings. The first-order valence-corrected chi connectivity index (χ1v) is 9.26. The van der Waals surface area contributed by atoms with Crippen LogP contribution >= 0.6 is 11.6 Å². The fraction of sp³-hybridized carbons (Fsp3) is 0.0417. The second-order valence-corrected chi connectivity index (χ2v) is 6.82. The van der Waals surface area contributed by atoms with Crippen molar-refractivity contribution in [2.75, 3.05) is 12.0 Å². The number of methoxy groups -OCH3 is 1. The molecule has 0 spiro atoms. The van der Waals surface area contributed by atoms with Gasteiger partial charge < -0.3 is 4.74 Å². The van der Waals surface area contributed by atoms with Gasteiger partial charge in [0.25, 0.3) is 5.91 Å². The van der Waals surface area contributed by atoms with Gasteiger partial charge in [-0.25, -0.2) is 0 Å². The van der Waals surface area contributed by atoms with E-state index in [1.54, 1.807) is 24.1 Å². The maximum absolute atomic E-state index is 13.2. The average Bonchev–Trinajstić information content (AvgIpc) is 3.06. The number of hydrogen-bond acceptors (Lipinski definition) is 2. The number of benzene rings is 3. The summed E-state index contributed by atoms with van der Waals surface area (Å²) in [6.07, 6.45) is 3.82. The fourth-order valence-corrected chi connectivity index (χ4v) is 3.29. The lowest BCUT2D eigenvalue weighted by molar-refractivity contribution is -0.113. The summed E-state index contributed by atoms with van der Waals surface area (Å²) in [6.45, 7) is 0. The summed E-state index contributed by atoms with van der Waals surface area (Å²) in [6, 6.07) is 24.8. The van der Waals surface area contributed by atoms with E-state index < -0.39 is 0 Å². The van der Waals surface area contributed by atoms with E-state index in [4.69, 9.17) is 16.3 Å². The van der Waals surface area contributed by atoms with Crippen molar-refractivity contribution in [3.05, 3.63) is 107 Å². The molecule has 1 heterocycles. The third-order valence-electron chi connectivity index (χ3n) is 4.58. The molecule has 0 aromatic heterocycles. The molecule has 0 bridgehead atoms. The molecule has 0 saturated heterocycles. The summed E-state index contributed by atoms with van der Waals surface area (Å²) in [5.41, 5.74) is 4.16. The number of nitrogens with zero attached hydrogens (tertiary/aromatic N) is 1. The molecule has 0 N–H and O–H groups in total. The highest BCUT2D eigenvalue weighted by molar-refractivity contribution is 6.30. The van der Waals surface area contributed by atoms with Crippen molar-refractivity contribution in [3.8, 4) is 5.75 Å². The first kappa shape index (κ1) is 18.1. The quantitative estimate of drug-likeness (QED) is 0.528. The Bertz CT molecular complexity index is 1050. The molecule has 0 unspecified atom stereocenters. The minimum absolute atomic E-state index is 0.0722. The number of amides is 1. The Kier molecular flexibility index (Phi) is 5.00. The van der Waals surface area contributed by atoms with E-state index in [0.29, 0.717) is 10.6 Å². The Hall–Kier alpha value is -3.30. The highest BCUT2D eigenvalue weighted by Gasteiger charge is 2.30. The van der Waals surface area contributed by atoms with Gasteiger partial charge in [-0.05, 0) is 59.7 Å². The van der Waals surface area contributed by atoms with Crippen LogP contribution in [0, 0.1) is 0 Å². The smallest absolute Gasteiger partial charge is 0.262 e. The van der Waals surface area contributed by atoms with Gasteiger partial charge >= 0.3 is 0 Å². The number of halogens is 1. The van der Waals surface area contributed by atoms with Crippen LogP contribution in [0.1, 0.15) is 11.1 Å². The lowest BCUT2D eigenvalue weighted by atomic mass is 10.1. The molecule has 3 nitrogen and oxygen atoms in total. The molecule has 4 rings (SSSR count). The third-order valence-corrected chi connectivity index (χ3v) is 4.83. The normalized spacial score (nSPS) is 15.1. The van der Waals surface area contributed by atoms with E-state index in [9.17, 15) is 4.79 Å². The lowest BCUT2D eigenvalue weighted by Gasteiger charge is -2.21. The number of carbonyl (C=O) groups is 1.